The summed E-state index contributed by atoms with van der Waals surface area (Å²) in [5.74, 6) is 0. The van der Waals surface area contributed by atoms with E-state index in [2.05, 4.69) is 98.7 Å². The van der Waals surface area contributed by atoms with Gasteiger partial charge in [0.25, 0.3) is 0 Å². The highest BCUT2D eigenvalue weighted by Gasteiger charge is 2.42. The van der Waals surface area contributed by atoms with Crippen LogP contribution < -0.4 is 0 Å². The molecule has 0 unspecified atom stereocenters. The van der Waals surface area contributed by atoms with Crippen molar-refractivity contribution in [1.82, 2.24) is 0 Å². The topological polar surface area (TPSA) is 0 Å². The Balaban J connectivity index is 2.62. The predicted octanol–water partition coefficient (Wildman–Crippen LogP) is 8.16. The van der Waals surface area contributed by atoms with Gasteiger partial charge in [-0.15, -0.1) is 0 Å². The smallest absolute Gasteiger partial charge is 0.0653 e. The van der Waals surface area contributed by atoms with Crippen molar-refractivity contribution >= 4 is 7.85 Å². The van der Waals surface area contributed by atoms with Gasteiger partial charge in [0.05, 0.1) is 7.85 Å². The fourth-order valence-electron chi connectivity index (χ4n) is 6.68. The summed E-state index contributed by atoms with van der Waals surface area (Å²) in [6.45, 7) is 20.4. The van der Waals surface area contributed by atoms with Gasteiger partial charge >= 0.3 is 0 Å². The summed E-state index contributed by atoms with van der Waals surface area (Å²) < 4.78 is 0. The van der Waals surface area contributed by atoms with E-state index < -0.39 is 0 Å². The fraction of sp³-hybridized carbons (Fsp3) is 0.419. The summed E-state index contributed by atoms with van der Waals surface area (Å²) in [6.07, 6.45) is 2.68. The molecule has 166 valence electrons. The predicted molar refractivity (Wildman–Crippen MR) is 142 cm³/mol. The van der Waals surface area contributed by atoms with Crippen LogP contribution in [-0.4, -0.2) is 7.85 Å². The third-order valence-corrected chi connectivity index (χ3v) is 7.07. The highest BCUT2D eigenvalue weighted by atomic mass is 14.4. The zero-order valence-corrected chi connectivity index (χ0v) is 21.7. The second-order valence-corrected chi connectivity index (χ2v) is 10.1. The van der Waals surface area contributed by atoms with E-state index in [9.17, 15) is 0 Å². The number of benzene rings is 3. The lowest BCUT2D eigenvalue weighted by Gasteiger charge is -2.43. The molecule has 0 aliphatic heterocycles. The molecule has 0 saturated heterocycles. The van der Waals surface area contributed by atoms with Crippen molar-refractivity contribution < 1.29 is 0 Å². The Kier molecular flexibility index (Phi) is 7.08. The molecule has 0 heterocycles. The molecule has 0 nitrogen and oxygen atoms in total. The first kappa shape index (κ1) is 24.4. The lowest BCUT2D eigenvalue weighted by Crippen LogP contribution is -2.35. The molecule has 1 heteroatoms. The molecule has 32 heavy (non-hydrogen) atoms. The number of hydrogen-bond donors (Lipinski definition) is 0. The van der Waals surface area contributed by atoms with Gasteiger partial charge < -0.3 is 0 Å². The summed E-state index contributed by atoms with van der Waals surface area (Å²) in [5, 5.41) is 0. The van der Waals surface area contributed by atoms with E-state index >= 15 is 0 Å². The highest BCUT2D eigenvalue weighted by molar-refractivity contribution is 6.08. The second kappa shape index (κ2) is 9.30. The maximum absolute atomic E-state index is 6.17. The Bertz CT molecular complexity index is 941. The van der Waals surface area contributed by atoms with Crippen LogP contribution in [0.3, 0.4) is 0 Å². The number of hydrogen-bond acceptors (Lipinski definition) is 0. The molecule has 0 bridgehead atoms. The van der Waals surface area contributed by atoms with E-state index in [1.54, 1.807) is 0 Å². The zero-order valence-electron chi connectivity index (χ0n) is 21.7. The molecule has 0 N–H and O–H groups in total. The van der Waals surface area contributed by atoms with E-state index in [0.29, 0.717) is 6.32 Å². The van der Waals surface area contributed by atoms with Crippen molar-refractivity contribution in [2.45, 2.75) is 86.9 Å². The van der Waals surface area contributed by atoms with Crippen LogP contribution in [0.1, 0.15) is 79.6 Å². The zero-order chi connectivity index (χ0) is 23.8. The highest BCUT2D eigenvalue weighted by Crippen LogP contribution is 2.50. The summed E-state index contributed by atoms with van der Waals surface area (Å²) in [5.41, 5.74) is 16.4. The molecular weight excluding hydrogens is 383 g/mol. The van der Waals surface area contributed by atoms with Crippen LogP contribution in [0.5, 0.6) is 0 Å². The van der Waals surface area contributed by atoms with Gasteiger partial charge in [-0.05, 0) is 119 Å². The largest absolute Gasteiger partial charge is 0.0886 e. The fourth-order valence-corrected chi connectivity index (χ4v) is 6.68. The Labute approximate surface area is 197 Å². The third-order valence-electron chi connectivity index (χ3n) is 7.07. The molecule has 3 rings (SSSR count). The van der Waals surface area contributed by atoms with Gasteiger partial charge in [-0.3, -0.25) is 0 Å². The quantitative estimate of drug-likeness (QED) is 0.278. The first-order valence-corrected chi connectivity index (χ1v) is 12.0. The van der Waals surface area contributed by atoms with E-state index in [4.69, 9.17) is 7.85 Å². The molecule has 0 aliphatic carbocycles. The van der Waals surface area contributed by atoms with Gasteiger partial charge in [0.15, 0.2) is 0 Å². The van der Waals surface area contributed by atoms with Gasteiger partial charge in [0.2, 0.25) is 0 Å². The minimum absolute atomic E-state index is 0.231. The molecule has 0 aliphatic rings. The van der Waals surface area contributed by atoms with Crippen molar-refractivity contribution in [2.24, 2.45) is 0 Å². The van der Waals surface area contributed by atoms with Crippen LogP contribution in [0.25, 0.3) is 0 Å². The van der Waals surface area contributed by atoms with Crippen LogP contribution in [0.15, 0.2) is 36.4 Å². The second-order valence-electron chi connectivity index (χ2n) is 10.1. The van der Waals surface area contributed by atoms with Gasteiger partial charge in [-0.2, -0.15) is 0 Å². The molecular formula is C31H39B. The van der Waals surface area contributed by atoms with Gasteiger partial charge in [0, 0.05) is 5.41 Å². The standard InChI is InChI=1S/C31H39B/c1-19-13-22(4)28(23(5)14-19)31(11-10-12-32,29-24(6)15-20(2)16-25(29)7)30-26(8)17-21(3)18-27(30)9/h13-18H,10-12H2,1-9H3. The van der Waals surface area contributed by atoms with Crippen molar-refractivity contribution in [3.05, 3.63) is 103 Å². The molecule has 0 aromatic heterocycles. The Morgan fingerprint density at radius 2 is 0.750 bits per heavy atom. The summed E-state index contributed by atoms with van der Waals surface area (Å²) >= 11 is 0. The van der Waals surface area contributed by atoms with E-state index in [1.165, 1.54) is 66.8 Å². The molecule has 0 saturated carbocycles. The van der Waals surface area contributed by atoms with Crippen LogP contribution in [0.2, 0.25) is 6.32 Å². The SMILES string of the molecule is [B]CCCC(c1c(C)cc(C)cc1C)(c1c(C)cc(C)cc1C)c1c(C)cc(C)cc1C. The normalized spacial score (nSPS) is 11.8. The lowest BCUT2D eigenvalue weighted by atomic mass is 9.60. The van der Waals surface area contributed by atoms with Crippen LogP contribution in [0, 0.1) is 62.3 Å². The Hall–Kier alpha value is -2.28. The van der Waals surface area contributed by atoms with Crippen LogP contribution in [-0.2, 0) is 5.41 Å². The molecule has 0 amide bonds. The molecule has 3 aromatic carbocycles. The average Bonchev–Trinajstić information content (AvgIpc) is 2.63. The Morgan fingerprint density at radius 1 is 0.500 bits per heavy atom. The van der Waals surface area contributed by atoms with Gasteiger partial charge in [0.1, 0.15) is 0 Å². The minimum Gasteiger partial charge on any atom is -0.0886 e. The third kappa shape index (κ3) is 4.19. The van der Waals surface area contributed by atoms with Crippen molar-refractivity contribution in [3.8, 4) is 0 Å². The monoisotopic (exact) mass is 422 g/mol. The molecule has 3 aromatic rings. The average molecular weight is 422 g/mol. The summed E-state index contributed by atoms with van der Waals surface area (Å²) in [7, 11) is 6.17. The van der Waals surface area contributed by atoms with Crippen LogP contribution >= 0.6 is 0 Å². The van der Waals surface area contributed by atoms with Crippen molar-refractivity contribution in [2.75, 3.05) is 0 Å². The van der Waals surface area contributed by atoms with Crippen molar-refractivity contribution in [3.63, 3.8) is 0 Å². The Morgan fingerprint density at radius 3 is 0.969 bits per heavy atom. The first-order valence-electron chi connectivity index (χ1n) is 12.0. The van der Waals surface area contributed by atoms with Crippen LogP contribution in [0.4, 0.5) is 0 Å². The van der Waals surface area contributed by atoms with E-state index in [0.717, 1.165) is 12.8 Å². The molecule has 2 radical (unpaired) electrons. The molecule has 0 fully saturated rings. The molecule has 0 atom stereocenters. The molecule has 0 spiro atoms. The lowest BCUT2D eigenvalue weighted by molar-refractivity contribution is 0.532. The number of rotatable bonds is 6. The first-order chi connectivity index (χ1) is 15.0. The van der Waals surface area contributed by atoms with Gasteiger partial charge in [-0.1, -0.05) is 65.8 Å². The van der Waals surface area contributed by atoms with Gasteiger partial charge in [-0.25, -0.2) is 0 Å². The maximum Gasteiger partial charge on any atom is 0.0653 e. The summed E-state index contributed by atoms with van der Waals surface area (Å²) in [4.78, 5) is 0. The van der Waals surface area contributed by atoms with E-state index in [1.807, 2.05) is 0 Å². The van der Waals surface area contributed by atoms with Crippen molar-refractivity contribution in [1.29, 1.82) is 0 Å². The minimum atomic E-state index is -0.231. The van der Waals surface area contributed by atoms with E-state index in [-0.39, 0.29) is 5.41 Å². The maximum atomic E-state index is 6.17. The number of aryl methyl sites for hydroxylation is 9. The summed E-state index contributed by atoms with van der Waals surface area (Å²) in [6, 6.07) is 14.2.